The summed E-state index contributed by atoms with van der Waals surface area (Å²) >= 11 is 1.65. The van der Waals surface area contributed by atoms with E-state index in [1.807, 2.05) is 16.8 Å². The van der Waals surface area contributed by atoms with Gasteiger partial charge in [0.1, 0.15) is 5.03 Å². The summed E-state index contributed by atoms with van der Waals surface area (Å²) in [5.74, 6) is 0. The first-order chi connectivity index (χ1) is 8.79. The van der Waals surface area contributed by atoms with Gasteiger partial charge in [0.15, 0.2) is 11.9 Å². The third-order valence-corrected chi connectivity index (χ3v) is 3.68. The Morgan fingerprint density at radius 1 is 1.11 bits per heavy atom. The molecule has 5 heteroatoms. The first-order valence-corrected chi connectivity index (χ1v) is 7.00. The van der Waals surface area contributed by atoms with Crippen LogP contribution in [0.2, 0.25) is 0 Å². The first kappa shape index (κ1) is 14.3. The first-order valence-electron chi connectivity index (χ1n) is 5.77. The smallest absolute Gasteiger partial charge is 0.307 e. The van der Waals surface area contributed by atoms with Gasteiger partial charge in [-0.25, -0.2) is 4.57 Å². The lowest BCUT2D eigenvalue weighted by Crippen LogP contribution is -3.00. The fraction of sp³-hybridized carbons (Fsp3) is 0.143. The van der Waals surface area contributed by atoms with Crippen molar-refractivity contribution in [3.63, 3.8) is 0 Å². The van der Waals surface area contributed by atoms with Crippen molar-refractivity contribution in [1.29, 1.82) is 0 Å². The molecule has 98 valence electrons. The van der Waals surface area contributed by atoms with Gasteiger partial charge in [0.05, 0.1) is 7.05 Å². The zero-order chi connectivity index (χ0) is 12.5. The molecule has 2 heterocycles. The Kier molecular flexibility index (Phi) is 4.46. The topological polar surface area (TPSA) is 21.2 Å². The highest BCUT2D eigenvalue weighted by Gasteiger charge is 2.16. The minimum atomic E-state index is 0. The van der Waals surface area contributed by atoms with E-state index in [0.29, 0.717) is 0 Å². The Balaban J connectivity index is 0.00000133. The summed E-state index contributed by atoms with van der Waals surface area (Å²) in [5.41, 5.74) is 3.46. The molecule has 0 amide bonds. The second-order valence-electron chi connectivity index (χ2n) is 4.12. The molecule has 0 spiro atoms. The number of imidazole rings is 1. The summed E-state index contributed by atoms with van der Waals surface area (Å²) < 4.78 is 4.10. The van der Waals surface area contributed by atoms with Gasteiger partial charge in [-0.15, -0.1) is 11.8 Å². The Hall–Kier alpha value is -1.08. The molecule has 3 nitrogen and oxygen atoms in total. The van der Waals surface area contributed by atoms with Gasteiger partial charge >= 0.3 is 5.65 Å². The molecular weight excluding hydrogens is 369 g/mol. The van der Waals surface area contributed by atoms with Crippen molar-refractivity contribution >= 4 is 17.4 Å². The lowest BCUT2D eigenvalue weighted by molar-refractivity contribution is -0.633. The number of fused-ring (bicyclic) bond motifs is 1. The number of aromatic nitrogens is 3. The highest BCUT2D eigenvalue weighted by Crippen LogP contribution is 2.17. The maximum atomic E-state index is 4.56. The van der Waals surface area contributed by atoms with Gasteiger partial charge in [0.25, 0.3) is 0 Å². The van der Waals surface area contributed by atoms with E-state index in [0.717, 1.165) is 10.7 Å². The quantitative estimate of drug-likeness (QED) is 0.340. The molecule has 0 N–H and O–H groups in total. The summed E-state index contributed by atoms with van der Waals surface area (Å²) in [6.45, 7) is 0. The average molecular weight is 383 g/mol. The molecule has 0 atom stereocenters. The molecule has 0 fully saturated rings. The molecule has 0 aliphatic carbocycles. The third kappa shape index (κ3) is 2.62. The minimum Gasteiger partial charge on any atom is -1.00 e. The number of benzene rings is 1. The van der Waals surface area contributed by atoms with Gasteiger partial charge in [0, 0.05) is 11.6 Å². The van der Waals surface area contributed by atoms with Gasteiger partial charge in [0.2, 0.25) is 0 Å². The highest BCUT2D eigenvalue weighted by atomic mass is 127. The maximum Gasteiger partial charge on any atom is 0.307 e. The summed E-state index contributed by atoms with van der Waals surface area (Å²) in [6, 6.07) is 14.5. The third-order valence-electron chi connectivity index (χ3n) is 3.04. The summed E-state index contributed by atoms with van der Waals surface area (Å²) in [4.78, 5) is 0. The number of aryl methyl sites for hydroxylation is 1. The van der Waals surface area contributed by atoms with Crippen LogP contribution in [0.1, 0.15) is 0 Å². The minimum absolute atomic E-state index is 0. The van der Waals surface area contributed by atoms with Gasteiger partial charge in [-0.2, -0.15) is 0 Å². The van der Waals surface area contributed by atoms with Crippen LogP contribution in [0, 0.1) is 0 Å². The number of nitrogens with zero attached hydrogens (tertiary/aromatic N) is 3. The molecule has 0 saturated carbocycles. The van der Waals surface area contributed by atoms with E-state index in [9.17, 15) is 0 Å². The summed E-state index contributed by atoms with van der Waals surface area (Å²) in [5, 5.41) is 5.59. The Morgan fingerprint density at radius 3 is 2.53 bits per heavy atom. The molecule has 3 rings (SSSR count). The van der Waals surface area contributed by atoms with Crippen LogP contribution in [0.3, 0.4) is 0 Å². The van der Waals surface area contributed by atoms with E-state index in [1.165, 1.54) is 11.3 Å². The molecule has 0 bridgehead atoms. The maximum absolute atomic E-state index is 4.56. The van der Waals surface area contributed by atoms with Crippen LogP contribution in [0.4, 0.5) is 0 Å². The van der Waals surface area contributed by atoms with Crippen LogP contribution in [0.15, 0.2) is 53.7 Å². The van der Waals surface area contributed by atoms with Gasteiger partial charge < -0.3 is 24.0 Å². The Morgan fingerprint density at radius 2 is 1.84 bits per heavy atom. The predicted octanol–water partition coefficient (Wildman–Crippen LogP) is -0.448. The van der Waals surface area contributed by atoms with Crippen molar-refractivity contribution in [2.75, 3.05) is 6.26 Å². The van der Waals surface area contributed by atoms with E-state index in [4.69, 9.17) is 0 Å². The Bertz CT molecular complexity index is 694. The fourth-order valence-electron chi connectivity index (χ4n) is 2.09. The van der Waals surface area contributed by atoms with Crippen molar-refractivity contribution in [1.82, 2.24) is 9.61 Å². The standard InChI is InChI=1S/C14H14N3S.HI/c1-16-12(11-6-4-3-5-7-11)10-17-14(16)9-8-13(15-17)18-2;/h3-10H,1-2H3;1H/q+1;/p-1. The number of thioether (sulfide) groups is 1. The van der Waals surface area contributed by atoms with E-state index < -0.39 is 0 Å². The lowest BCUT2D eigenvalue weighted by Gasteiger charge is -1.95. The van der Waals surface area contributed by atoms with Crippen molar-refractivity contribution < 1.29 is 28.5 Å². The number of hydrogen-bond acceptors (Lipinski definition) is 2. The predicted molar refractivity (Wildman–Crippen MR) is 73.6 cm³/mol. The number of rotatable bonds is 2. The molecule has 0 unspecified atom stereocenters. The van der Waals surface area contributed by atoms with Crippen LogP contribution >= 0.6 is 11.8 Å². The van der Waals surface area contributed by atoms with Crippen LogP contribution in [-0.4, -0.2) is 15.9 Å². The Labute approximate surface area is 133 Å². The van der Waals surface area contributed by atoms with Crippen LogP contribution in [-0.2, 0) is 7.05 Å². The van der Waals surface area contributed by atoms with Gasteiger partial charge in [-0.05, 0) is 12.3 Å². The second kappa shape index (κ2) is 5.92. The lowest BCUT2D eigenvalue weighted by atomic mass is 10.2. The van der Waals surface area contributed by atoms with Gasteiger partial charge in [-0.3, -0.25) is 0 Å². The zero-order valence-corrected chi connectivity index (χ0v) is 13.7. The number of halogens is 1. The molecule has 19 heavy (non-hydrogen) atoms. The van der Waals surface area contributed by atoms with E-state index in [2.05, 4.69) is 59.3 Å². The average Bonchev–Trinajstić information content (AvgIpc) is 2.76. The van der Waals surface area contributed by atoms with Crippen molar-refractivity contribution in [3.05, 3.63) is 48.7 Å². The molecule has 1 aromatic carbocycles. The SMILES string of the molecule is CSc1ccc2n(cc(-c3ccccc3)[n+]2C)n1.[I-]. The monoisotopic (exact) mass is 383 g/mol. The van der Waals surface area contributed by atoms with E-state index >= 15 is 0 Å². The number of hydrogen-bond donors (Lipinski definition) is 0. The van der Waals surface area contributed by atoms with E-state index in [-0.39, 0.29) is 24.0 Å². The van der Waals surface area contributed by atoms with Crippen molar-refractivity contribution in [3.8, 4) is 11.3 Å². The van der Waals surface area contributed by atoms with E-state index in [1.54, 1.807) is 11.8 Å². The van der Waals surface area contributed by atoms with Crippen molar-refractivity contribution in [2.45, 2.75) is 5.03 Å². The summed E-state index contributed by atoms with van der Waals surface area (Å²) in [7, 11) is 2.07. The molecule has 0 aliphatic heterocycles. The molecule has 0 radical (unpaired) electrons. The molecule has 0 saturated heterocycles. The zero-order valence-electron chi connectivity index (χ0n) is 10.7. The largest absolute Gasteiger partial charge is 1.00 e. The molecule has 2 aromatic heterocycles. The highest BCUT2D eigenvalue weighted by molar-refractivity contribution is 7.98. The van der Waals surface area contributed by atoms with Gasteiger partial charge in [-0.1, -0.05) is 39.9 Å². The van der Waals surface area contributed by atoms with Crippen LogP contribution in [0.5, 0.6) is 0 Å². The normalized spacial score (nSPS) is 10.4. The molecular formula is C14H14IN3S. The summed E-state index contributed by atoms with van der Waals surface area (Å²) in [6.07, 6.45) is 4.11. The second-order valence-corrected chi connectivity index (χ2v) is 4.94. The van der Waals surface area contributed by atoms with Crippen molar-refractivity contribution in [2.24, 2.45) is 7.05 Å². The molecule has 0 aliphatic rings. The van der Waals surface area contributed by atoms with Crippen LogP contribution in [0.25, 0.3) is 16.9 Å². The van der Waals surface area contributed by atoms with Crippen LogP contribution < -0.4 is 28.5 Å². The fourth-order valence-corrected chi connectivity index (χ4v) is 2.46. The molecule has 3 aromatic rings.